The van der Waals surface area contributed by atoms with Gasteiger partial charge in [-0.2, -0.15) is 0 Å². The van der Waals surface area contributed by atoms with E-state index < -0.39 is 0 Å². The van der Waals surface area contributed by atoms with Crippen LogP contribution in [0.5, 0.6) is 0 Å². The summed E-state index contributed by atoms with van der Waals surface area (Å²) >= 11 is 0. The van der Waals surface area contributed by atoms with Gasteiger partial charge in [-0.05, 0) is 25.3 Å². The minimum atomic E-state index is 0.477. The Hall–Kier alpha value is -0.480. The fourth-order valence-electron chi connectivity index (χ4n) is 1.66. The molecule has 0 saturated heterocycles. The topological polar surface area (TPSA) is 12.0 Å². The zero-order valence-corrected chi connectivity index (χ0v) is 7.43. The highest BCUT2D eigenvalue weighted by atomic mass is 14.9. The van der Waals surface area contributed by atoms with Gasteiger partial charge in [-0.3, -0.25) is 0 Å². The van der Waals surface area contributed by atoms with E-state index in [1.807, 2.05) is 0 Å². The first-order valence-corrected chi connectivity index (χ1v) is 4.47. The Morgan fingerprint density at radius 1 is 1.64 bits per heavy atom. The van der Waals surface area contributed by atoms with Crippen LogP contribution in [0.4, 0.5) is 0 Å². The maximum Gasteiger partial charge on any atom is 0.0201 e. The molecule has 0 bridgehead atoms. The van der Waals surface area contributed by atoms with Crippen molar-refractivity contribution in [2.24, 2.45) is 11.8 Å². The van der Waals surface area contributed by atoms with Crippen molar-refractivity contribution >= 4 is 0 Å². The molecule has 0 aromatic rings. The molecule has 0 aromatic carbocycles. The smallest absolute Gasteiger partial charge is 0.0201 e. The molecule has 0 amide bonds. The summed E-state index contributed by atoms with van der Waals surface area (Å²) in [4.78, 5) is 0. The zero-order valence-electron chi connectivity index (χ0n) is 7.43. The third kappa shape index (κ3) is 1.97. The predicted octanol–water partition coefficient (Wildman–Crippen LogP) is 1.64. The molecule has 11 heavy (non-hydrogen) atoms. The van der Waals surface area contributed by atoms with Crippen LogP contribution in [-0.2, 0) is 0 Å². The molecule has 1 atom stereocenters. The number of terminal acetylenes is 1. The normalized spacial score (nSPS) is 32.1. The molecule has 1 nitrogen and oxygen atoms in total. The average Bonchev–Trinajstić information content (AvgIpc) is 1.94. The van der Waals surface area contributed by atoms with Crippen LogP contribution in [0.25, 0.3) is 0 Å². The summed E-state index contributed by atoms with van der Waals surface area (Å²) in [5.41, 5.74) is 0. The Bertz CT molecular complexity index is 151. The summed E-state index contributed by atoms with van der Waals surface area (Å²) in [5.74, 6) is 4.06. The maximum atomic E-state index is 5.33. The third-order valence-electron chi connectivity index (χ3n) is 2.64. The molecular formula is C10H17N. The van der Waals surface area contributed by atoms with Crippen LogP contribution in [0.2, 0.25) is 0 Å². The van der Waals surface area contributed by atoms with E-state index in [0.717, 1.165) is 18.5 Å². The molecule has 1 rings (SSSR count). The Morgan fingerprint density at radius 3 is 2.73 bits per heavy atom. The largest absolute Gasteiger partial charge is 0.314 e. The van der Waals surface area contributed by atoms with Crippen molar-refractivity contribution in [3.8, 4) is 12.3 Å². The predicted molar refractivity (Wildman–Crippen MR) is 48.2 cm³/mol. The second-order valence-electron chi connectivity index (χ2n) is 3.44. The summed E-state index contributed by atoms with van der Waals surface area (Å²) < 4.78 is 0. The summed E-state index contributed by atoms with van der Waals surface area (Å²) in [6, 6.07) is 0.751. The lowest BCUT2D eigenvalue weighted by Gasteiger charge is -2.37. The average molecular weight is 151 g/mol. The summed E-state index contributed by atoms with van der Waals surface area (Å²) in [6.07, 6.45) is 7.89. The van der Waals surface area contributed by atoms with Gasteiger partial charge >= 0.3 is 0 Å². The lowest BCUT2D eigenvalue weighted by atomic mass is 9.73. The first-order chi connectivity index (χ1) is 5.27. The van der Waals surface area contributed by atoms with Crippen LogP contribution >= 0.6 is 0 Å². The van der Waals surface area contributed by atoms with Gasteiger partial charge in [0.1, 0.15) is 0 Å². The zero-order chi connectivity index (χ0) is 8.27. The highest BCUT2D eigenvalue weighted by molar-refractivity contribution is 4.99. The molecule has 1 aliphatic rings. The summed E-state index contributed by atoms with van der Waals surface area (Å²) in [6.45, 7) is 5.38. The van der Waals surface area contributed by atoms with E-state index in [2.05, 4.69) is 25.1 Å². The quantitative estimate of drug-likeness (QED) is 0.605. The van der Waals surface area contributed by atoms with E-state index in [-0.39, 0.29) is 0 Å². The Kier molecular flexibility index (Phi) is 2.96. The van der Waals surface area contributed by atoms with Gasteiger partial charge in [-0.1, -0.05) is 13.8 Å². The van der Waals surface area contributed by atoms with Gasteiger partial charge in [0.25, 0.3) is 0 Å². The number of hydrogen-bond acceptors (Lipinski definition) is 1. The van der Waals surface area contributed by atoms with Crippen LogP contribution < -0.4 is 5.32 Å². The maximum absolute atomic E-state index is 5.33. The molecule has 62 valence electrons. The molecule has 0 aromatic heterocycles. The fourth-order valence-corrected chi connectivity index (χ4v) is 1.66. The standard InChI is InChI=1S/C10H17N/c1-4-8(3)9-6-10(7-9)11-5-2/h1,8-11H,5-7H2,2-3H3. The lowest BCUT2D eigenvalue weighted by molar-refractivity contribution is 0.189. The van der Waals surface area contributed by atoms with Crippen molar-refractivity contribution in [2.45, 2.75) is 32.7 Å². The van der Waals surface area contributed by atoms with Gasteiger partial charge in [0, 0.05) is 12.0 Å². The lowest BCUT2D eigenvalue weighted by Crippen LogP contribution is -2.43. The van der Waals surface area contributed by atoms with Crippen molar-refractivity contribution in [2.75, 3.05) is 6.54 Å². The number of rotatable bonds is 3. The van der Waals surface area contributed by atoms with Crippen LogP contribution in [0.1, 0.15) is 26.7 Å². The van der Waals surface area contributed by atoms with Gasteiger partial charge in [0.05, 0.1) is 0 Å². The van der Waals surface area contributed by atoms with Crippen LogP contribution in [0, 0.1) is 24.2 Å². The second-order valence-corrected chi connectivity index (χ2v) is 3.44. The van der Waals surface area contributed by atoms with Crippen LogP contribution in [-0.4, -0.2) is 12.6 Å². The number of nitrogens with one attached hydrogen (secondary N) is 1. The highest BCUT2D eigenvalue weighted by Gasteiger charge is 2.31. The van der Waals surface area contributed by atoms with Crippen molar-refractivity contribution < 1.29 is 0 Å². The van der Waals surface area contributed by atoms with E-state index >= 15 is 0 Å². The molecule has 0 aliphatic heterocycles. The molecule has 1 saturated carbocycles. The van der Waals surface area contributed by atoms with Gasteiger partial charge < -0.3 is 5.32 Å². The van der Waals surface area contributed by atoms with Crippen molar-refractivity contribution in [1.82, 2.24) is 5.32 Å². The molecule has 1 heteroatoms. The molecule has 0 spiro atoms. The Labute approximate surface area is 69.6 Å². The third-order valence-corrected chi connectivity index (χ3v) is 2.64. The van der Waals surface area contributed by atoms with Gasteiger partial charge in [-0.25, -0.2) is 0 Å². The van der Waals surface area contributed by atoms with Crippen LogP contribution in [0.15, 0.2) is 0 Å². The fraction of sp³-hybridized carbons (Fsp3) is 0.800. The first kappa shape index (κ1) is 8.62. The molecule has 1 N–H and O–H groups in total. The highest BCUT2D eigenvalue weighted by Crippen LogP contribution is 2.33. The monoisotopic (exact) mass is 151 g/mol. The minimum absolute atomic E-state index is 0.477. The molecule has 0 heterocycles. The second kappa shape index (κ2) is 3.78. The Morgan fingerprint density at radius 2 is 2.27 bits per heavy atom. The molecule has 1 unspecified atom stereocenters. The number of hydrogen-bond donors (Lipinski definition) is 1. The van der Waals surface area contributed by atoms with Gasteiger partial charge in [-0.15, -0.1) is 12.3 Å². The van der Waals surface area contributed by atoms with Crippen molar-refractivity contribution in [1.29, 1.82) is 0 Å². The van der Waals surface area contributed by atoms with E-state index in [4.69, 9.17) is 6.42 Å². The summed E-state index contributed by atoms with van der Waals surface area (Å²) in [7, 11) is 0. The van der Waals surface area contributed by atoms with E-state index in [0.29, 0.717) is 5.92 Å². The van der Waals surface area contributed by atoms with Crippen molar-refractivity contribution in [3.63, 3.8) is 0 Å². The SMILES string of the molecule is C#CC(C)C1CC(NCC)C1. The Balaban J connectivity index is 2.14. The summed E-state index contributed by atoms with van der Waals surface area (Å²) in [5, 5.41) is 3.42. The molecular weight excluding hydrogens is 134 g/mol. The van der Waals surface area contributed by atoms with E-state index in [9.17, 15) is 0 Å². The molecule has 1 aliphatic carbocycles. The molecule has 0 radical (unpaired) electrons. The minimum Gasteiger partial charge on any atom is -0.314 e. The van der Waals surface area contributed by atoms with Gasteiger partial charge in [0.2, 0.25) is 0 Å². The van der Waals surface area contributed by atoms with Crippen LogP contribution in [0.3, 0.4) is 0 Å². The van der Waals surface area contributed by atoms with E-state index in [1.54, 1.807) is 0 Å². The van der Waals surface area contributed by atoms with Gasteiger partial charge in [0.15, 0.2) is 0 Å². The first-order valence-electron chi connectivity index (χ1n) is 4.47. The van der Waals surface area contributed by atoms with Crippen molar-refractivity contribution in [3.05, 3.63) is 0 Å². The van der Waals surface area contributed by atoms with E-state index in [1.165, 1.54) is 12.8 Å². The molecule has 1 fully saturated rings.